The number of hydrogen-bond donors (Lipinski definition) is 0. The van der Waals surface area contributed by atoms with E-state index in [-0.39, 0.29) is 0 Å². The topological polar surface area (TPSA) is 48.5 Å². The van der Waals surface area contributed by atoms with Crippen LogP contribution in [0.15, 0.2) is 249 Å². The fourth-order valence-electron chi connectivity index (χ4n) is 11.7. The Hall–Kier alpha value is -9.53. The van der Waals surface area contributed by atoms with E-state index >= 15 is 0 Å². The van der Waals surface area contributed by atoms with Gasteiger partial charge in [-0.15, -0.1) is 22.7 Å². The van der Waals surface area contributed by atoms with E-state index in [0.717, 1.165) is 93.7 Å². The van der Waals surface area contributed by atoms with E-state index in [1.54, 1.807) is 0 Å². The zero-order valence-corrected chi connectivity index (χ0v) is 42.4. The van der Waals surface area contributed by atoms with E-state index < -0.39 is 0 Å². The molecule has 0 unspecified atom stereocenters. The maximum absolute atomic E-state index is 5.70. The van der Waals surface area contributed by atoms with Crippen LogP contribution in [0, 0.1) is 0 Å². The predicted molar refractivity (Wildman–Crippen MR) is 321 cm³/mol. The number of benzene rings is 11. The van der Waals surface area contributed by atoms with Crippen molar-refractivity contribution in [1.82, 2.24) is 24.1 Å². The van der Waals surface area contributed by atoms with Crippen LogP contribution < -0.4 is 0 Å². The average Bonchev–Trinajstić information content (AvgIpc) is 4.24. The summed E-state index contributed by atoms with van der Waals surface area (Å²) in [6, 6.07) is 89.9. The summed E-state index contributed by atoms with van der Waals surface area (Å²) >= 11 is 3.69. The van der Waals surface area contributed by atoms with Gasteiger partial charge in [-0.3, -0.25) is 9.13 Å². The molecule has 0 aliphatic heterocycles. The number of nitrogens with zero attached hydrogens (tertiary/aromatic N) is 5. The first-order valence-electron chi connectivity index (χ1n) is 25.6. The van der Waals surface area contributed by atoms with Crippen molar-refractivity contribution in [2.75, 3.05) is 0 Å². The van der Waals surface area contributed by atoms with Crippen LogP contribution in [0.4, 0.5) is 0 Å². The summed E-state index contributed by atoms with van der Waals surface area (Å²) in [6.07, 6.45) is 0. The van der Waals surface area contributed by atoms with Gasteiger partial charge < -0.3 is 0 Å². The number of fused-ring (bicyclic) bond motifs is 12. The largest absolute Gasteiger partial charge is 0.278 e. The third-order valence-corrected chi connectivity index (χ3v) is 17.5. The highest BCUT2D eigenvalue weighted by Crippen LogP contribution is 2.44. The van der Waals surface area contributed by atoms with Crippen LogP contribution in [0.25, 0.3) is 152 Å². The first-order valence-corrected chi connectivity index (χ1v) is 27.2. The van der Waals surface area contributed by atoms with E-state index in [9.17, 15) is 0 Å². The summed E-state index contributed by atoms with van der Waals surface area (Å²) in [5, 5.41) is 9.59. The Morgan fingerprint density at radius 3 is 1.12 bits per heavy atom. The Morgan fingerprint density at radius 2 is 0.632 bits per heavy atom. The molecule has 0 saturated heterocycles. The van der Waals surface area contributed by atoms with E-state index in [0.29, 0.717) is 17.7 Å². The molecule has 76 heavy (non-hydrogen) atoms. The van der Waals surface area contributed by atoms with Crippen LogP contribution in [0.2, 0.25) is 0 Å². The first-order chi connectivity index (χ1) is 37.7. The zero-order chi connectivity index (χ0) is 49.8. The molecule has 0 N–H and O–H groups in total. The Bertz CT molecular complexity index is 4700. The fraction of sp³-hybridized carbons (Fsp3) is 0. The quantitative estimate of drug-likeness (QED) is 0.160. The second kappa shape index (κ2) is 17.0. The molecule has 0 saturated carbocycles. The highest BCUT2D eigenvalue weighted by Gasteiger charge is 2.25. The Morgan fingerprint density at radius 1 is 0.250 bits per heavy atom. The molecule has 16 aromatic rings. The molecule has 0 aliphatic rings. The molecule has 0 spiro atoms. The molecule has 0 amide bonds. The van der Waals surface area contributed by atoms with E-state index in [2.05, 4.69) is 258 Å². The predicted octanol–water partition coefficient (Wildman–Crippen LogP) is 19.1. The van der Waals surface area contributed by atoms with Crippen molar-refractivity contribution in [2.45, 2.75) is 0 Å². The van der Waals surface area contributed by atoms with Gasteiger partial charge in [0.1, 0.15) is 0 Å². The maximum Gasteiger partial charge on any atom is 0.240 e. The normalized spacial score (nSPS) is 11.9. The van der Waals surface area contributed by atoms with Crippen LogP contribution in [-0.4, -0.2) is 24.1 Å². The van der Waals surface area contributed by atoms with Gasteiger partial charge >= 0.3 is 0 Å². The van der Waals surface area contributed by atoms with Gasteiger partial charge in [-0.05, 0) is 105 Å². The third kappa shape index (κ3) is 6.73. The van der Waals surface area contributed by atoms with Gasteiger partial charge in [-0.1, -0.05) is 188 Å². The van der Waals surface area contributed by atoms with E-state index in [4.69, 9.17) is 15.0 Å². The van der Waals surface area contributed by atoms with Gasteiger partial charge in [0.15, 0.2) is 5.82 Å². The van der Waals surface area contributed by atoms with Gasteiger partial charge in [-0.2, -0.15) is 15.0 Å². The number of hydrogen-bond acceptors (Lipinski definition) is 5. The lowest BCUT2D eigenvalue weighted by atomic mass is 9.91. The molecular weight excluding hydrogens is 963 g/mol. The van der Waals surface area contributed by atoms with Crippen LogP contribution in [0.5, 0.6) is 0 Å². The molecule has 16 rings (SSSR count). The minimum Gasteiger partial charge on any atom is -0.278 e. The molecule has 354 valence electrons. The molecule has 0 atom stereocenters. The van der Waals surface area contributed by atoms with Crippen molar-refractivity contribution >= 4 is 107 Å². The monoisotopic (exact) mass is 1000 g/mol. The van der Waals surface area contributed by atoms with Crippen molar-refractivity contribution in [3.05, 3.63) is 249 Å². The molecule has 0 radical (unpaired) electrons. The first kappa shape index (κ1) is 42.9. The van der Waals surface area contributed by atoms with Gasteiger partial charge in [0, 0.05) is 67.5 Å². The summed E-state index contributed by atoms with van der Waals surface area (Å²) in [5.74, 6) is 1.63. The minimum atomic E-state index is 0.529. The number of rotatable bonds is 7. The zero-order valence-electron chi connectivity index (χ0n) is 40.7. The fourth-order valence-corrected chi connectivity index (χ4v) is 13.9. The SMILES string of the molecule is c1ccc(-c2cccc(-c3ccccc3)c2-c2nc(-n3c4ccccc4c4ccc(-c5ccc6sc7ccccc7c6c5)cc43)nc(-n3c4ccccc4c4ccc(-c5ccc6sc7ccccc7c6c5)cc43)n2)cc1. The lowest BCUT2D eigenvalue weighted by Crippen LogP contribution is -2.11. The van der Waals surface area contributed by atoms with E-state index in [1.165, 1.54) is 40.3 Å². The molecule has 11 aromatic carbocycles. The maximum atomic E-state index is 5.70. The molecule has 5 heterocycles. The molecular formula is C69H41N5S2. The second-order valence-corrected chi connectivity index (χ2v) is 21.7. The molecule has 5 aromatic heterocycles. The lowest BCUT2D eigenvalue weighted by Gasteiger charge is -2.17. The van der Waals surface area contributed by atoms with Crippen LogP contribution >= 0.6 is 22.7 Å². The Kier molecular flexibility index (Phi) is 9.61. The Labute approximate surface area is 444 Å². The van der Waals surface area contributed by atoms with Crippen LogP contribution in [0.3, 0.4) is 0 Å². The molecule has 7 heteroatoms. The molecule has 0 aliphatic carbocycles. The van der Waals surface area contributed by atoms with Crippen molar-refractivity contribution < 1.29 is 0 Å². The minimum absolute atomic E-state index is 0.529. The lowest BCUT2D eigenvalue weighted by molar-refractivity contribution is 0.893. The van der Waals surface area contributed by atoms with Gasteiger partial charge in [-0.25, -0.2) is 0 Å². The number of para-hydroxylation sites is 2. The van der Waals surface area contributed by atoms with Crippen molar-refractivity contribution in [3.63, 3.8) is 0 Å². The smallest absolute Gasteiger partial charge is 0.240 e. The summed E-state index contributed by atoms with van der Waals surface area (Å²) < 4.78 is 9.67. The molecule has 5 nitrogen and oxygen atoms in total. The van der Waals surface area contributed by atoms with E-state index in [1.807, 2.05) is 22.7 Å². The summed E-state index contributed by atoms with van der Waals surface area (Å²) in [6.45, 7) is 0. The number of thiophene rings is 2. The second-order valence-electron chi connectivity index (χ2n) is 19.5. The Balaban J connectivity index is 0.989. The molecule has 0 bridgehead atoms. The standard InChI is InChI=1S/C69H41N5S2/c1-3-16-42(17-4-1)48-24-15-25-49(43-18-5-2-6-19-43)66(48)67-70-68(73-58-26-11-7-20-50(58)52-34-30-46(40-60(52)73)44-32-36-64-56(38-44)54-22-9-13-28-62(54)75-64)72-69(71-67)74-59-27-12-8-21-51(59)53-35-31-47(41-61(53)74)45-33-37-65-57(39-45)55-23-10-14-29-63(55)76-65/h1-41H. The highest BCUT2D eigenvalue weighted by atomic mass is 32.1. The summed E-state index contributed by atoms with van der Waals surface area (Å²) in [4.78, 5) is 17.1. The highest BCUT2D eigenvalue weighted by molar-refractivity contribution is 7.26. The van der Waals surface area contributed by atoms with Crippen molar-refractivity contribution in [2.24, 2.45) is 0 Å². The van der Waals surface area contributed by atoms with Gasteiger partial charge in [0.2, 0.25) is 11.9 Å². The van der Waals surface area contributed by atoms with Crippen molar-refractivity contribution in [1.29, 1.82) is 0 Å². The van der Waals surface area contributed by atoms with Gasteiger partial charge in [0.05, 0.1) is 22.1 Å². The third-order valence-electron chi connectivity index (χ3n) is 15.2. The van der Waals surface area contributed by atoms with Crippen molar-refractivity contribution in [3.8, 4) is 67.8 Å². The van der Waals surface area contributed by atoms with Crippen LogP contribution in [-0.2, 0) is 0 Å². The van der Waals surface area contributed by atoms with Crippen LogP contribution in [0.1, 0.15) is 0 Å². The van der Waals surface area contributed by atoms with Gasteiger partial charge in [0.25, 0.3) is 0 Å². The average molecular weight is 1000 g/mol. The summed E-state index contributed by atoms with van der Waals surface area (Å²) in [7, 11) is 0. The summed E-state index contributed by atoms with van der Waals surface area (Å²) in [5.41, 5.74) is 13.7. The number of aromatic nitrogens is 5. The molecule has 0 fully saturated rings.